The van der Waals surface area contributed by atoms with Crippen molar-refractivity contribution in [2.75, 3.05) is 26.2 Å². The van der Waals surface area contributed by atoms with Crippen LogP contribution in [0.25, 0.3) is 0 Å². The number of rotatable bonds is 3. The molecular weight excluding hydrogens is 233 g/mol. The van der Waals surface area contributed by atoms with Gasteiger partial charge in [0.05, 0.1) is 0 Å². The third kappa shape index (κ3) is 3.87. The van der Waals surface area contributed by atoms with Gasteiger partial charge in [0.1, 0.15) is 6.54 Å². The van der Waals surface area contributed by atoms with Crippen LogP contribution in [0.15, 0.2) is 0 Å². The van der Waals surface area contributed by atoms with E-state index >= 15 is 0 Å². The van der Waals surface area contributed by atoms with Crippen molar-refractivity contribution in [1.29, 1.82) is 0 Å². The number of nitrogens with zero attached hydrogens (tertiary/aromatic N) is 1. The quantitative estimate of drug-likeness (QED) is 0.830. The molecule has 1 fully saturated rings. The number of alkyl halides is 3. The molecule has 0 aliphatic carbocycles. The van der Waals surface area contributed by atoms with Gasteiger partial charge in [-0.25, -0.2) is 0 Å². The first kappa shape index (κ1) is 14.3. The molecule has 0 aromatic carbocycles. The van der Waals surface area contributed by atoms with Gasteiger partial charge in [0.2, 0.25) is 5.91 Å². The van der Waals surface area contributed by atoms with Gasteiger partial charge in [-0.15, -0.1) is 0 Å². The van der Waals surface area contributed by atoms with E-state index in [0.717, 1.165) is 4.90 Å². The summed E-state index contributed by atoms with van der Waals surface area (Å²) in [5, 5.41) is 3.11. The first-order chi connectivity index (χ1) is 7.78. The Labute approximate surface area is 99.4 Å². The lowest BCUT2D eigenvalue weighted by molar-refractivity contribution is -0.167. The second kappa shape index (κ2) is 5.25. The fraction of sp³-hybridized carbons (Fsp3) is 0.909. The van der Waals surface area contributed by atoms with E-state index in [1.54, 1.807) is 13.8 Å². The molecular formula is C11H19F3N2O. The van der Waals surface area contributed by atoms with Crippen LogP contribution in [0.1, 0.15) is 26.7 Å². The molecule has 1 heterocycles. The molecule has 0 aromatic heterocycles. The van der Waals surface area contributed by atoms with Gasteiger partial charge < -0.3 is 10.2 Å². The maximum Gasteiger partial charge on any atom is 0.406 e. The first-order valence-electron chi connectivity index (χ1n) is 5.85. The molecule has 3 nitrogen and oxygen atoms in total. The zero-order valence-electron chi connectivity index (χ0n) is 10.2. The summed E-state index contributed by atoms with van der Waals surface area (Å²) in [6, 6.07) is 0. The number of carbonyl (C=O) groups is 1. The van der Waals surface area contributed by atoms with E-state index in [2.05, 4.69) is 5.32 Å². The smallest absolute Gasteiger partial charge is 0.333 e. The highest BCUT2D eigenvalue weighted by atomic mass is 19.4. The zero-order valence-corrected chi connectivity index (χ0v) is 10.2. The zero-order chi connectivity index (χ0) is 13.1. The maximum atomic E-state index is 12.3. The summed E-state index contributed by atoms with van der Waals surface area (Å²) < 4.78 is 37.0. The summed E-state index contributed by atoms with van der Waals surface area (Å²) in [6.45, 7) is 3.66. The van der Waals surface area contributed by atoms with Crippen molar-refractivity contribution in [3.63, 3.8) is 0 Å². The van der Waals surface area contributed by atoms with E-state index in [9.17, 15) is 18.0 Å². The molecule has 0 saturated carbocycles. The van der Waals surface area contributed by atoms with E-state index in [4.69, 9.17) is 0 Å². The predicted molar refractivity (Wildman–Crippen MR) is 58.5 cm³/mol. The minimum Gasteiger partial charge on any atom is -0.333 e. The van der Waals surface area contributed by atoms with Gasteiger partial charge in [0, 0.05) is 12.0 Å². The molecule has 100 valence electrons. The van der Waals surface area contributed by atoms with E-state index in [1.165, 1.54) is 0 Å². The summed E-state index contributed by atoms with van der Waals surface area (Å²) in [7, 11) is 0. The third-order valence-electron chi connectivity index (χ3n) is 3.26. The van der Waals surface area contributed by atoms with Crippen molar-refractivity contribution in [2.24, 2.45) is 5.41 Å². The Balaban J connectivity index is 2.71. The molecule has 1 amide bonds. The molecule has 17 heavy (non-hydrogen) atoms. The number of hydrogen-bond donors (Lipinski definition) is 1. The van der Waals surface area contributed by atoms with Gasteiger partial charge in [0.15, 0.2) is 0 Å². The molecule has 1 aliphatic rings. The summed E-state index contributed by atoms with van der Waals surface area (Å²) in [6.07, 6.45) is -3.13. The highest BCUT2D eigenvalue weighted by Crippen LogP contribution is 2.31. The van der Waals surface area contributed by atoms with E-state index < -0.39 is 18.1 Å². The van der Waals surface area contributed by atoms with E-state index in [0.29, 0.717) is 25.9 Å². The Morgan fingerprint density at radius 1 is 1.35 bits per heavy atom. The summed E-state index contributed by atoms with van der Waals surface area (Å²) in [4.78, 5) is 13.0. The average molecular weight is 252 g/mol. The molecule has 0 atom stereocenters. The molecule has 1 aliphatic heterocycles. The topological polar surface area (TPSA) is 32.3 Å². The SMILES string of the molecule is CCN(CC(F)(F)F)C(=O)C1(C)CCNCC1. The van der Waals surface area contributed by atoms with Crippen LogP contribution in [0, 0.1) is 5.41 Å². The number of amides is 1. The number of halogens is 3. The van der Waals surface area contributed by atoms with Crippen molar-refractivity contribution in [1.82, 2.24) is 10.2 Å². The van der Waals surface area contributed by atoms with Crippen molar-refractivity contribution in [2.45, 2.75) is 32.9 Å². The average Bonchev–Trinajstić information content (AvgIpc) is 2.25. The Bertz CT molecular complexity index is 272. The van der Waals surface area contributed by atoms with Gasteiger partial charge in [-0.05, 0) is 32.9 Å². The molecule has 0 unspecified atom stereocenters. The summed E-state index contributed by atoms with van der Waals surface area (Å²) in [5.74, 6) is -0.376. The molecule has 0 spiro atoms. The molecule has 0 radical (unpaired) electrons. The second-order valence-electron chi connectivity index (χ2n) is 4.75. The van der Waals surface area contributed by atoms with E-state index in [-0.39, 0.29) is 12.5 Å². The standard InChI is InChI=1S/C11H19F3N2O/c1-3-16(8-11(12,13)14)9(17)10(2)4-6-15-7-5-10/h15H,3-8H2,1-2H3. The molecule has 0 aromatic rings. The molecule has 0 bridgehead atoms. The van der Waals surface area contributed by atoms with Crippen molar-refractivity contribution >= 4 is 5.91 Å². The molecule has 1 saturated heterocycles. The minimum absolute atomic E-state index is 0.0986. The van der Waals surface area contributed by atoms with Gasteiger partial charge in [-0.1, -0.05) is 6.92 Å². The highest BCUT2D eigenvalue weighted by Gasteiger charge is 2.40. The highest BCUT2D eigenvalue weighted by molar-refractivity contribution is 5.82. The monoisotopic (exact) mass is 252 g/mol. The van der Waals surface area contributed by atoms with Crippen LogP contribution in [0.2, 0.25) is 0 Å². The third-order valence-corrected chi connectivity index (χ3v) is 3.26. The van der Waals surface area contributed by atoms with Crippen LogP contribution in [-0.4, -0.2) is 43.2 Å². The lowest BCUT2D eigenvalue weighted by Crippen LogP contribution is -2.50. The van der Waals surface area contributed by atoms with Gasteiger partial charge >= 0.3 is 6.18 Å². The predicted octanol–water partition coefficient (Wildman–Crippen LogP) is 1.79. The van der Waals surface area contributed by atoms with E-state index in [1.807, 2.05) is 0 Å². The largest absolute Gasteiger partial charge is 0.406 e. The van der Waals surface area contributed by atoms with Gasteiger partial charge in [0.25, 0.3) is 0 Å². The second-order valence-corrected chi connectivity index (χ2v) is 4.75. The van der Waals surface area contributed by atoms with Crippen LogP contribution in [-0.2, 0) is 4.79 Å². The number of hydrogen-bond acceptors (Lipinski definition) is 2. The Hall–Kier alpha value is -0.780. The fourth-order valence-corrected chi connectivity index (χ4v) is 2.12. The normalized spacial score (nSPS) is 20.1. The Morgan fingerprint density at radius 2 is 1.88 bits per heavy atom. The Kier molecular flexibility index (Phi) is 4.41. The molecule has 1 rings (SSSR count). The van der Waals surface area contributed by atoms with Crippen LogP contribution in [0.5, 0.6) is 0 Å². The lowest BCUT2D eigenvalue weighted by atomic mass is 9.79. The maximum absolute atomic E-state index is 12.3. The van der Waals surface area contributed by atoms with Crippen LogP contribution in [0.4, 0.5) is 13.2 Å². The number of piperidine rings is 1. The first-order valence-corrected chi connectivity index (χ1v) is 5.85. The summed E-state index contributed by atoms with van der Waals surface area (Å²) in [5.41, 5.74) is -0.646. The molecule has 1 N–H and O–H groups in total. The van der Waals surface area contributed by atoms with Crippen molar-refractivity contribution < 1.29 is 18.0 Å². The van der Waals surface area contributed by atoms with Crippen molar-refractivity contribution in [3.05, 3.63) is 0 Å². The van der Waals surface area contributed by atoms with Crippen LogP contribution < -0.4 is 5.32 Å². The van der Waals surface area contributed by atoms with Crippen molar-refractivity contribution in [3.8, 4) is 0 Å². The lowest BCUT2D eigenvalue weighted by Gasteiger charge is -2.37. The Morgan fingerprint density at radius 3 is 2.29 bits per heavy atom. The van der Waals surface area contributed by atoms with Crippen LogP contribution in [0.3, 0.4) is 0 Å². The fourth-order valence-electron chi connectivity index (χ4n) is 2.12. The van der Waals surface area contributed by atoms with Crippen LogP contribution >= 0.6 is 0 Å². The number of carbonyl (C=O) groups excluding carboxylic acids is 1. The summed E-state index contributed by atoms with van der Waals surface area (Å²) >= 11 is 0. The molecule has 6 heteroatoms. The van der Waals surface area contributed by atoms with Gasteiger partial charge in [-0.2, -0.15) is 13.2 Å². The number of nitrogens with one attached hydrogen (secondary N) is 1. The van der Waals surface area contributed by atoms with Gasteiger partial charge in [-0.3, -0.25) is 4.79 Å². The minimum atomic E-state index is -4.32.